The number of thiazole rings is 1. The number of amides is 1. The van der Waals surface area contributed by atoms with Gasteiger partial charge in [0.25, 0.3) is 5.91 Å². The van der Waals surface area contributed by atoms with Crippen LogP contribution in [0.3, 0.4) is 0 Å². The average Bonchev–Trinajstić information content (AvgIpc) is 3.14. The number of aromatic nitrogens is 4. The van der Waals surface area contributed by atoms with Crippen LogP contribution < -0.4 is 5.32 Å². The lowest BCUT2D eigenvalue weighted by atomic mass is 9.73. The fraction of sp³-hybridized carbons (Fsp3) is 0.647. The van der Waals surface area contributed by atoms with Gasteiger partial charge in [-0.05, 0) is 44.4 Å². The number of carbonyl (C=O) groups is 1. The molecule has 0 saturated carbocycles. The van der Waals surface area contributed by atoms with Crippen LogP contribution in [0, 0.1) is 11.3 Å². The van der Waals surface area contributed by atoms with Gasteiger partial charge in [-0.25, -0.2) is 14.6 Å². The molecule has 7 heteroatoms. The van der Waals surface area contributed by atoms with Crippen LogP contribution in [0.2, 0.25) is 0 Å². The Morgan fingerprint density at radius 2 is 2.08 bits per heavy atom. The van der Waals surface area contributed by atoms with E-state index in [4.69, 9.17) is 0 Å². The van der Waals surface area contributed by atoms with Crippen LogP contribution in [0.1, 0.15) is 51.6 Å². The second-order valence-electron chi connectivity index (χ2n) is 8.05. The Kier molecular flexibility index (Phi) is 4.23. The van der Waals surface area contributed by atoms with Crippen LogP contribution in [0.15, 0.2) is 12.7 Å². The number of nitrogens with zero attached hydrogens (tertiary/aromatic N) is 4. The standard InChI is InChI=1S/C17H25N5OS/c1-16(2,3)11-6-7-12-13(8-11)24-15(20-12)21-14(23)17(4,5)22-10-18-9-19-22/h9-11H,6-8H2,1-5H3,(H,20,21,23)/t11-/m0/s1. The van der Waals surface area contributed by atoms with Crippen molar-refractivity contribution in [3.63, 3.8) is 0 Å². The van der Waals surface area contributed by atoms with Gasteiger partial charge < -0.3 is 0 Å². The van der Waals surface area contributed by atoms with E-state index in [0.29, 0.717) is 16.5 Å². The molecular formula is C17H25N5OS. The first-order valence-electron chi connectivity index (χ1n) is 8.33. The maximum absolute atomic E-state index is 12.6. The second-order valence-corrected chi connectivity index (χ2v) is 9.13. The zero-order chi connectivity index (χ0) is 17.5. The van der Waals surface area contributed by atoms with Crippen molar-refractivity contribution in [2.45, 2.75) is 59.4 Å². The highest BCUT2D eigenvalue weighted by Crippen LogP contribution is 2.40. The van der Waals surface area contributed by atoms with E-state index in [0.717, 1.165) is 25.0 Å². The van der Waals surface area contributed by atoms with Crippen LogP contribution in [0.25, 0.3) is 0 Å². The summed E-state index contributed by atoms with van der Waals surface area (Å²) in [7, 11) is 0. The molecule has 6 nitrogen and oxygen atoms in total. The van der Waals surface area contributed by atoms with E-state index in [-0.39, 0.29) is 5.91 Å². The molecule has 1 atom stereocenters. The van der Waals surface area contributed by atoms with Gasteiger partial charge in [0.15, 0.2) is 5.13 Å². The van der Waals surface area contributed by atoms with Gasteiger partial charge in [-0.3, -0.25) is 10.1 Å². The van der Waals surface area contributed by atoms with Gasteiger partial charge >= 0.3 is 0 Å². The molecule has 1 N–H and O–H groups in total. The molecule has 0 unspecified atom stereocenters. The zero-order valence-electron chi connectivity index (χ0n) is 15.0. The smallest absolute Gasteiger partial charge is 0.253 e. The highest BCUT2D eigenvalue weighted by molar-refractivity contribution is 7.15. The van der Waals surface area contributed by atoms with Gasteiger partial charge in [-0.1, -0.05) is 20.8 Å². The number of anilines is 1. The summed E-state index contributed by atoms with van der Waals surface area (Å²) in [6, 6.07) is 0. The molecule has 130 valence electrons. The van der Waals surface area contributed by atoms with Crippen molar-refractivity contribution in [2.75, 3.05) is 5.32 Å². The first-order chi connectivity index (χ1) is 11.2. The fourth-order valence-electron chi connectivity index (χ4n) is 3.02. The summed E-state index contributed by atoms with van der Waals surface area (Å²) < 4.78 is 1.56. The van der Waals surface area contributed by atoms with Crippen molar-refractivity contribution in [1.29, 1.82) is 0 Å². The van der Waals surface area contributed by atoms with Crippen molar-refractivity contribution >= 4 is 22.4 Å². The summed E-state index contributed by atoms with van der Waals surface area (Å²) in [6.45, 7) is 10.5. The summed E-state index contributed by atoms with van der Waals surface area (Å²) in [5.41, 5.74) is 0.644. The quantitative estimate of drug-likeness (QED) is 0.925. The van der Waals surface area contributed by atoms with Crippen LogP contribution in [-0.2, 0) is 23.2 Å². The number of carbonyl (C=O) groups excluding carboxylic acids is 1. The predicted molar refractivity (Wildman–Crippen MR) is 95.1 cm³/mol. The molecule has 24 heavy (non-hydrogen) atoms. The number of fused-ring (bicyclic) bond motifs is 1. The monoisotopic (exact) mass is 347 g/mol. The number of nitrogens with one attached hydrogen (secondary N) is 1. The van der Waals surface area contributed by atoms with E-state index < -0.39 is 5.54 Å². The molecule has 0 radical (unpaired) electrons. The van der Waals surface area contributed by atoms with Crippen LogP contribution in [-0.4, -0.2) is 25.7 Å². The minimum Gasteiger partial charge on any atom is -0.300 e. The molecule has 0 spiro atoms. The Morgan fingerprint density at radius 3 is 2.71 bits per heavy atom. The van der Waals surface area contributed by atoms with Crippen molar-refractivity contribution in [3.05, 3.63) is 23.2 Å². The molecule has 0 fully saturated rings. The lowest BCUT2D eigenvalue weighted by Gasteiger charge is -2.33. The van der Waals surface area contributed by atoms with Crippen molar-refractivity contribution in [2.24, 2.45) is 11.3 Å². The molecule has 2 aromatic rings. The third kappa shape index (κ3) is 3.22. The van der Waals surface area contributed by atoms with Gasteiger partial charge in [0.2, 0.25) is 0 Å². The maximum atomic E-state index is 12.6. The lowest BCUT2D eigenvalue weighted by molar-refractivity contribution is -0.123. The molecule has 0 saturated heterocycles. The number of hydrogen-bond donors (Lipinski definition) is 1. The number of rotatable bonds is 3. The van der Waals surface area contributed by atoms with Gasteiger partial charge in [0, 0.05) is 4.88 Å². The fourth-order valence-corrected chi connectivity index (χ4v) is 4.10. The van der Waals surface area contributed by atoms with Crippen molar-refractivity contribution in [1.82, 2.24) is 19.7 Å². The minimum absolute atomic E-state index is 0.133. The van der Waals surface area contributed by atoms with E-state index in [1.807, 2.05) is 13.8 Å². The molecule has 2 aromatic heterocycles. The normalized spacial score (nSPS) is 18.3. The largest absolute Gasteiger partial charge is 0.300 e. The summed E-state index contributed by atoms with van der Waals surface area (Å²) in [4.78, 5) is 22.5. The average molecular weight is 347 g/mol. The first kappa shape index (κ1) is 17.1. The highest BCUT2D eigenvalue weighted by atomic mass is 32.1. The van der Waals surface area contributed by atoms with Crippen LogP contribution >= 0.6 is 11.3 Å². The van der Waals surface area contributed by atoms with Gasteiger partial charge in [-0.2, -0.15) is 5.10 Å². The van der Waals surface area contributed by atoms with E-state index in [9.17, 15) is 4.79 Å². The Bertz CT molecular complexity index is 727. The van der Waals surface area contributed by atoms with Gasteiger partial charge in [0.05, 0.1) is 5.69 Å². The molecule has 0 aliphatic heterocycles. The van der Waals surface area contributed by atoms with E-state index in [1.165, 1.54) is 11.2 Å². The van der Waals surface area contributed by atoms with Crippen molar-refractivity contribution in [3.8, 4) is 0 Å². The molecule has 2 heterocycles. The van der Waals surface area contributed by atoms with E-state index in [1.54, 1.807) is 22.3 Å². The van der Waals surface area contributed by atoms with E-state index >= 15 is 0 Å². The summed E-state index contributed by atoms with van der Waals surface area (Å²) >= 11 is 1.61. The first-order valence-corrected chi connectivity index (χ1v) is 9.14. The Labute approximate surface area is 146 Å². The summed E-state index contributed by atoms with van der Waals surface area (Å²) in [5, 5.41) is 7.73. The molecule has 1 amide bonds. The van der Waals surface area contributed by atoms with Crippen LogP contribution in [0.5, 0.6) is 0 Å². The predicted octanol–water partition coefficient (Wildman–Crippen LogP) is 3.26. The van der Waals surface area contributed by atoms with Gasteiger partial charge in [-0.15, -0.1) is 11.3 Å². The van der Waals surface area contributed by atoms with Gasteiger partial charge in [0.1, 0.15) is 18.2 Å². The lowest BCUT2D eigenvalue weighted by Crippen LogP contribution is -2.40. The third-order valence-corrected chi connectivity index (χ3v) is 5.97. The molecule has 0 aromatic carbocycles. The molecular weight excluding hydrogens is 322 g/mol. The highest BCUT2D eigenvalue weighted by Gasteiger charge is 2.33. The van der Waals surface area contributed by atoms with Crippen molar-refractivity contribution < 1.29 is 4.79 Å². The number of hydrogen-bond acceptors (Lipinski definition) is 5. The Morgan fingerprint density at radius 1 is 1.33 bits per heavy atom. The minimum atomic E-state index is -0.809. The SMILES string of the molecule is CC(C)(C)[C@H]1CCc2nc(NC(=O)C(C)(C)n3cncn3)sc2C1. The third-order valence-electron chi connectivity index (χ3n) is 4.93. The number of aryl methyl sites for hydroxylation is 1. The van der Waals surface area contributed by atoms with E-state index in [2.05, 4.69) is 41.2 Å². The Balaban J connectivity index is 1.74. The molecule has 1 aliphatic rings. The zero-order valence-corrected chi connectivity index (χ0v) is 15.8. The molecule has 1 aliphatic carbocycles. The molecule has 0 bridgehead atoms. The maximum Gasteiger partial charge on any atom is 0.253 e. The second kappa shape index (κ2) is 5.95. The Hall–Kier alpha value is -1.76. The van der Waals surface area contributed by atoms with Crippen LogP contribution in [0.4, 0.5) is 5.13 Å². The topological polar surface area (TPSA) is 72.7 Å². The summed E-state index contributed by atoms with van der Waals surface area (Å²) in [5.74, 6) is 0.534. The summed E-state index contributed by atoms with van der Waals surface area (Å²) in [6.07, 6.45) is 6.21. The molecule has 3 rings (SSSR count).